The van der Waals surface area contributed by atoms with Gasteiger partial charge in [0.1, 0.15) is 18.5 Å². The lowest BCUT2D eigenvalue weighted by Crippen LogP contribution is -2.49. The van der Waals surface area contributed by atoms with E-state index in [1.54, 1.807) is 0 Å². The van der Waals surface area contributed by atoms with Crippen molar-refractivity contribution in [2.24, 2.45) is 0 Å². The van der Waals surface area contributed by atoms with Crippen LogP contribution < -0.4 is 10.1 Å². The van der Waals surface area contributed by atoms with Crippen molar-refractivity contribution in [2.75, 3.05) is 26.4 Å². The summed E-state index contributed by atoms with van der Waals surface area (Å²) in [7, 11) is 0. The van der Waals surface area contributed by atoms with Crippen molar-refractivity contribution in [3.63, 3.8) is 0 Å². The summed E-state index contributed by atoms with van der Waals surface area (Å²) < 4.78 is 10.5. The third-order valence-corrected chi connectivity index (χ3v) is 2.47. The number of rotatable bonds is 6. The van der Waals surface area contributed by atoms with Crippen molar-refractivity contribution in [3.05, 3.63) is 30.3 Å². The molecule has 2 rings (SSSR count). The number of hydrogen-bond acceptors (Lipinski definition) is 4. The Bertz CT molecular complexity index is 300. The molecule has 1 aliphatic rings. The summed E-state index contributed by atoms with van der Waals surface area (Å²) in [5.74, 6) is 0.786. The highest BCUT2D eigenvalue weighted by atomic mass is 16.5. The molecule has 0 aliphatic carbocycles. The first-order chi connectivity index (χ1) is 7.84. The second-order valence-corrected chi connectivity index (χ2v) is 3.92. The number of nitrogens with one attached hydrogen (secondary N) is 1. The van der Waals surface area contributed by atoms with Gasteiger partial charge in [0.15, 0.2) is 0 Å². The van der Waals surface area contributed by atoms with Gasteiger partial charge in [-0.15, -0.1) is 0 Å². The maximum absolute atomic E-state index is 9.65. The predicted molar refractivity (Wildman–Crippen MR) is 60.6 cm³/mol. The molecular formula is C12H17NO3. The van der Waals surface area contributed by atoms with Gasteiger partial charge < -0.3 is 19.9 Å². The molecule has 1 aromatic carbocycles. The average molecular weight is 223 g/mol. The number of ether oxygens (including phenoxy) is 2. The van der Waals surface area contributed by atoms with Crippen LogP contribution in [-0.2, 0) is 4.74 Å². The average Bonchev–Trinajstić information content (AvgIpc) is 2.26. The molecule has 1 aromatic rings. The van der Waals surface area contributed by atoms with Crippen LogP contribution in [0.2, 0.25) is 0 Å². The van der Waals surface area contributed by atoms with Crippen LogP contribution in [0.3, 0.4) is 0 Å². The maximum atomic E-state index is 9.65. The molecule has 1 atom stereocenters. The van der Waals surface area contributed by atoms with Gasteiger partial charge >= 0.3 is 0 Å². The van der Waals surface area contributed by atoms with Gasteiger partial charge in [-0.25, -0.2) is 0 Å². The molecule has 1 unspecified atom stereocenters. The van der Waals surface area contributed by atoms with E-state index >= 15 is 0 Å². The molecule has 0 bridgehead atoms. The van der Waals surface area contributed by atoms with Crippen molar-refractivity contribution >= 4 is 0 Å². The zero-order valence-electron chi connectivity index (χ0n) is 9.13. The summed E-state index contributed by atoms with van der Waals surface area (Å²) in [5.41, 5.74) is 0. The molecule has 0 spiro atoms. The second kappa shape index (κ2) is 5.84. The molecular weight excluding hydrogens is 206 g/mol. The molecule has 0 radical (unpaired) electrons. The predicted octanol–water partition coefficient (Wildman–Crippen LogP) is 0.415. The lowest BCUT2D eigenvalue weighted by molar-refractivity contribution is -0.0118. The van der Waals surface area contributed by atoms with Crippen molar-refractivity contribution in [2.45, 2.75) is 12.1 Å². The summed E-state index contributed by atoms with van der Waals surface area (Å²) in [6.45, 7) is 2.34. The highest BCUT2D eigenvalue weighted by Crippen LogP contribution is 2.08. The number of aliphatic hydroxyl groups excluding tert-OH is 1. The fourth-order valence-electron chi connectivity index (χ4n) is 1.42. The van der Waals surface area contributed by atoms with E-state index in [-0.39, 0.29) is 0 Å². The summed E-state index contributed by atoms with van der Waals surface area (Å²) >= 11 is 0. The highest BCUT2D eigenvalue weighted by Gasteiger charge is 2.18. The van der Waals surface area contributed by atoms with Gasteiger partial charge in [-0.05, 0) is 12.1 Å². The van der Waals surface area contributed by atoms with Crippen molar-refractivity contribution < 1.29 is 14.6 Å². The molecule has 1 saturated heterocycles. The molecule has 1 aliphatic heterocycles. The lowest BCUT2D eigenvalue weighted by atomic mass is 10.2. The Morgan fingerprint density at radius 1 is 1.38 bits per heavy atom. The second-order valence-electron chi connectivity index (χ2n) is 3.92. The first kappa shape index (κ1) is 11.4. The third-order valence-electron chi connectivity index (χ3n) is 2.47. The van der Waals surface area contributed by atoms with E-state index in [1.807, 2.05) is 30.3 Å². The first-order valence-corrected chi connectivity index (χ1v) is 5.51. The van der Waals surface area contributed by atoms with E-state index < -0.39 is 6.10 Å². The smallest absolute Gasteiger partial charge is 0.119 e. The Hall–Kier alpha value is -1.10. The molecule has 0 aromatic heterocycles. The number of aliphatic hydroxyl groups is 1. The number of hydrogen-bond donors (Lipinski definition) is 2. The van der Waals surface area contributed by atoms with Crippen molar-refractivity contribution in [1.29, 1.82) is 0 Å². The summed E-state index contributed by atoms with van der Waals surface area (Å²) in [6, 6.07) is 9.89. The van der Waals surface area contributed by atoms with Crippen LogP contribution in [0.5, 0.6) is 5.75 Å². The Balaban J connectivity index is 1.61. The molecule has 0 amide bonds. The van der Waals surface area contributed by atoms with Crippen LogP contribution in [0.25, 0.3) is 0 Å². The molecule has 1 fully saturated rings. The number of para-hydroxylation sites is 1. The summed E-state index contributed by atoms with van der Waals surface area (Å²) in [5, 5.41) is 12.9. The van der Waals surface area contributed by atoms with Gasteiger partial charge in [-0.3, -0.25) is 0 Å². The van der Waals surface area contributed by atoms with Crippen molar-refractivity contribution in [1.82, 2.24) is 5.32 Å². The molecule has 4 nitrogen and oxygen atoms in total. The van der Waals surface area contributed by atoms with Crippen LogP contribution >= 0.6 is 0 Å². The van der Waals surface area contributed by atoms with Crippen molar-refractivity contribution in [3.8, 4) is 5.75 Å². The monoisotopic (exact) mass is 223 g/mol. The minimum atomic E-state index is -0.485. The summed E-state index contributed by atoms with van der Waals surface area (Å²) in [6.07, 6.45) is -0.485. The SMILES string of the molecule is OC(CNC1COC1)COc1ccccc1. The van der Waals surface area contributed by atoms with E-state index in [2.05, 4.69) is 5.32 Å². The van der Waals surface area contributed by atoms with Gasteiger partial charge in [-0.1, -0.05) is 18.2 Å². The third kappa shape index (κ3) is 3.48. The van der Waals surface area contributed by atoms with E-state index in [4.69, 9.17) is 9.47 Å². The molecule has 88 valence electrons. The van der Waals surface area contributed by atoms with Crippen LogP contribution in [-0.4, -0.2) is 43.6 Å². The zero-order valence-corrected chi connectivity index (χ0v) is 9.13. The Kier molecular flexibility index (Phi) is 4.16. The molecule has 0 saturated carbocycles. The fraction of sp³-hybridized carbons (Fsp3) is 0.500. The fourth-order valence-corrected chi connectivity index (χ4v) is 1.42. The molecule has 1 heterocycles. The Morgan fingerprint density at radius 2 is 2.12 bits per heavy atom. The molecule has 16 heavy (non-hydrogen) atoms. The van der Waals surface area contributed by atoms with Crippen LogP contribution in [0.15, 0.2) is 30.3 Å². The lowest BCUT2D eigenvalue weighted by Gasteiger charge is -2.28. The molecule has 4 heteroatoms. The minimum absolute atomic E-state index is 0.310. The van der Waals surface area contributed by atoms with E-state index in [0.717, 1.165) is 19.0 Å². The zero-order chi connectivity index (χ0) is 11.2. The van der Waals surface area contributed by atoms with Gasteiger partial charge in [0, 0.05) is 6.54 Å². The normalized spacial score (nSPS) is 17.8. The van der Waals surface area contributed by atoms with Gasteiger partial charge in [0.2, 0.25) is 0 Å². The van der Waals surface area contributed by atoms with Crippen LogP contribution in [0.4, 0.5) is 0 Å². The standard InChI is InChI=1S/C12H17NO3/c14-11(6-13-10-7-15-8-10)9-16-12-4-2-1-3-5-12/h1-5,10-11,13-14H,6-9H2. The summed E-state index contributed by atoms with van der Waals surface area (Å²) in [4.78, 5) is 0. The van der Waals surface area contributed by atoms with E-state index in [9.17, 15) is 5.11 Å². The number of benzene rings is 1. The topological polar surface area (TPSA) is 50.7 Å². The van der Waals surface area contributed by atoms with Gasteiger partial charge in [0.25, 0.3) is 0 Å². The van der Waals surface area contributed by atoms with Gasteiger partial charge in [-0.2, -0.15) is 0 Å². The largest absolute Gasteiger partial charge is 0.491 e. The van der Waals surface area contributed by atoms with Gasteiger partial charge in [0.05, 0.1) is 19.3 Å². The Labute approximate surface area is 95.2 Å². The maximum Gasteiger partial charge on any atom is 0.119 e. The van der Waals surface area contributed by atoms with Crippen LogP contribution in [0.1, 0.15) is 0 Å². The highest BCUT2D eigenvalue weighted by molar-refractivity contribution is 5.20. The van der Waals surface area contributed by atoms with E-state index in [0.29, 0.717) is 19.2 Å². The molecule has 2 N–H and O–H groups in total. The minimum Gasteiger partial charge on any atom is -0.491 e. The van der Waals surface area contributed by atoms with E-state index in [1.165, 1.54) is 0 Å². The Morgan fingerprint density at radius 3 is 2.75 bits per heavy atom. The first-order valence-electron chi connectivity index (χ1n) is 5.51. The van der Waals surface area contributed by atoms with Crippen LogP contribution in [0, 0.1) is 0 Å². The quantitative estimate of drug-likeness (QED) is 0.733.